The zero-order valence-electron chi connectivity index (χ0n) is 18.3. The number of imidazole rings is 1. The number of nitrogens with one attached hydrogen (secondary N) is 3. The number of amides is 1. The summed E-state index contributed by atoms with van der Waals surface area (Å²) in [6.45, 7) is 8.37. The molecule has 3 N–H and O–H groups in total. The van der Waals surface area contributed by atoms with Crippen molar-refractivity contribution in [1.29, 1.82) is 0 Å². The Balaban J connectivity index is 1.58. The molecule has 1 aromatic heterocycles. The Labute approximate surface area is 197 Å². The van der Waals surface area contributed by atoms with E-state index in [1.165, 1.54) is 5.56 Å². The molecule has 4 rings (SSSR count). The first kappa shape index (κ1) is 22.2. The molecule has 0 aliphatic heterocycles. The zero-order valence-corrected chi connectivity index (χ0v) is 19.8. The largest absolute Gasteiger partial charge is 0.324 e. The maximum atomic E-state index is 12.9. The van der Waals surface area contributed by atoms with Gasteiger partial charge in [-0.15, -0.1) is 0 Å². The third-order valence-corrected chi connectivity index (χ3v) is 5.92. The Morgan fingerprint density at radius 2 is 1.66 bits per heavy atom. The topological polar surface area (TPSA) is 69.8 Å². The molecule has 1 amide bonds. The number of rotatable bonds is 4. The predicted molar refractivity (Wildman–Crippen MR) is 134 cm³/mol. The fourth-order valence-electron chi connectivity index (χ4n) is 3.46. The molecular weight excluding hydrogens is 443 g/mol. The van der Waals surface area contributed by atoms with E-state index in [1.807, 2.05) is 37.3 Å². The number of fused-ring (bicyclic) bond motifs is 1. The number of aromatic nitrogens is 2. The van der Waals surface area contributed by atoms with Crippen LogP contribution < -0.4 is 10.6 Å². The van der Waals surface area contributed by atoms with Gasteiger partial charge in [0.2, 0.25) is 5.95 Å². The summed E-state index contributed by atoms with van der Waals surface area (Å²) in [6.07, 6.45) is 0. The van der Waals surface area contributed by atoms with Crippen LogP contribution in [0.25, 0.3) is 11.0 Å². The van der Waals surface area contributed by atoms with Gasteiger partial charge in [-0.1, -0.05) is 62.2 Å². The Kier molecular flexibility index (Phi) is 5.89. The summed E-state index contributed by atoms with van der Waals surface area (Å²) >= 11 is 12.5. The molecule has 164 valence electrons. The van der Waals surface area contributed by atoms with Gasteiger partial charge >= 0.3 is 0 Å². The molecule has 1 heterocycles. The molecular formula is C25H24Cl2N4O. The molecule has 0 radical (unpaired) electrons. The minimum absolute atomic E-state index is 0.0596. The Bertz CT molecular complexity index is 1280. The van der Waals surface area contributed by atoms with Gasteiger partial charge in [-0.2, -0.15) is 0 Å². The minimum atomic E-state index is -0.181. The number of H-pyrrole nitrogens is 1. The highest BCUT2D eigenvalue weighted by molar-refractivity contribution is 6.39. The van der Waals surface area contributed by atoms with E-state index in [2.05, 4.69) is 41.4 Å². The van der Waals surface area contributed by atoms with E-state index >= 15 is 0 Å². The maximum absolute atomic E-state index is 12.9. The van der Waals surface area contributed by atoms with Gasteiger partial charge in [-0.05, 0) is 59.9 Å². The van der Waals surface area contributed by atoms with E-state index in [1.54, 1.807) is 24.3 Å². The van der Waals surface area contributed by atoms with E-state index in [0.29, 0.717) is 32.8 Å². The number of hydrogen-bond acceptors (Lipinski definition) is 3. The number of carbonyl (C=O) groups excluding carboxylic acids is 1. The van der Waals surface area contributed by atoms with Crippen molar-refractivity contribution in [2.24, 2.45) is 0 Å². The summed E-state index contributed by atoms with van der Waals surface area (Å²) in [5.74, 6) is 0.310. The molecule has 0 atom stereocenters. The van der Waals surface area contributed by atoms with Crippen molar-refractivity contribution in [1.82, 2.24) is 9.97 Å². The summed E-state index contributed by atoms with van der Waals surface area (Å²) in [5.41, 5.74) is 5.46. The predicted octanol–water partition coefficient (Wildman–Crippen LogP) is 7.47. The molecule has 7 heteroatoms. The molecule has 0 spiro atoms. The SMILES string of the molecule is Cc1cc2[nH]c(Nc3c(Cl)cccc3Cl)nc2cc1C(=O)Nc1ccc(C(C)(C)C)cc1. The monoisotopic (exact) mass is 466 g/mol. The quantitative estimate of drug-likeness (QED) is 0.292. The van der Waals surface area contributed by atoms with Crippen LogP contribution in [-0.4, -0.2) is 15.9 Å². The normalized spacial score (nSPS) is 11.6. The molecule has 0 fully saturated rings. The van der Waals surface area contributed by atoms with Crippen LogP contribution in [0.15, 0.2) is 54.6 Å². The van der Waals surface area contributed by atoms with Gasteiger partial charge in [0, 0.05) is 11.3 Å². The number of aryl methyl sites for hydroxylation is 1. The van der Waals surface area contributed by atoms with Crippen molar-refractivity contribution in [2.75, 3.05) is 10.6 Å². The lowest BCUT2D eigenvalue weighted by atomic mass is 9.87. The van der Waals surface area contributed by atoms with Crippen LogP contribution in [0, 0.1) is 6.92 Å². The molecule has 32 heavy (non-hydrogen) atoms. The summed E-state index contributed by atoms with van der Waals surface area (Å²) in [4.78, 5) is 20.7. The van der Waals surface area contributed by atoms with E-state index in [4.69, 9.17) is 23.2 Å². The van der Waals surface area contributed by atoms with Crippen molar-refractivity contribution in [3.63, 3.8) is 0 Å². The highest BCUT2D eigenvalue weighted by atomic mass is 35.5. The minimum Gasteiger partial charge on any atom is -0.324 e. The molecule has 0 aliphatic rings. The van der Waals surface area contributed by atoms with Gasteiger partial charge in [0.15, 0.2) is 0 Å². The molecule has 4 aromatic rings. The second-order valence-corrected chi connectivity index (χ2v) is 9.59. The third kappa shape index (κ3) is 4.59. The molecule has 0 bridgehead atoms. The number of aromatic amines is 1. The van der Waals surface area contributed by atoms with Crippen molar-refractivity contribution in [2.45, 2.75) is 33.1 Å². The third-order valence-electron chi connectivity index (χ3n) is 5.29. The molecule has 0 saturated heterocycles. The summed E-state index contributed by atoms with van der Waals surface area (Å²) in [6, 6.07) is 16.9. The Morgan fingerprint density at radius 3 is 2.28 bits per heavy atom. The van der Waals surface area contributed by atoms with Gasteiger partial charge in [0.1, 0.15) is 0 Å². The van der Waals surface area contributed by atoms with E-state index in [0.717, 1.165) is 16.8 Å². The lowest BCUT2D eigenvalue weighted by Crippen LogP contribution is -2.14. The average Bonchev–Trinajstić information content (AvgIpc) is 3.11. The second kappa shape index (κ2) is 8.49. The van der Waals surface area contributed by atoms with Gasteiger partial charge in [0.05, 0.1) is 26.8 Å². The smallest absolute Gasteiger partial charge is 0.256 e. The molecule has 0 saturated carbocycles. The fourth-order valence-corrected chi connectivity index (χ4v) is 3.95. The number of carbonyl (C=O) groups is 1. The highest BCUT2D eigenvalue weighted by Gasteiger charge is 2.16. The van der Waals surface area contributed by atoms with Crippen molar-refractivity contribution >= 4 is 57.5 Å². The summed E-state index contributed by atoms with van der Waals surface area (Å²) in [7, 11) is 0. The number of benzene rings is 3. The van der Waals surface area contributed by atoms with Crippen LogP contribution >= 0.6 is 23.2 Å². The van der Waals surface area contributed by atoms with Gasteiger partial charge in [-0.25, -0.2) is 4.98 Å². The molecule has 0 unspecified atom stereocenters. The first-order valence-electron chi connectivity index (χ1n) is 10.2. The van der Waals surface area contributed by atoms with Crippen LogP contribution in [0.1, 0.15) is 42.3 Å². The number of para-hydroxylation sites is 1. The summed E-state index contributed by atoms with van der Waals surface area (Å²) < 4.78 is 0. The fraction of sp³-hybridized carbons (Fsp3) is 0.200. The Morgan fingerprint density at radius 1 is 1.00 bits per heavy atom. The molecule has 3 aromatic carbocycles. The number of halogens is 2. The first-order chi connectivity index (χ1) is 15.1. The van der Waals surface area contributed by atoms with E-state index in [-0.39, 0.29) is 11.3 Å². The van der Waals surface area contributed by atoms with Crippen LogP contribution in [0.2, 0.25) is 10.0 Å². The van der Waals surface area contributed by atoms with Crippen LogP contribution in [0.5, 0.6) is 0 Å². The van der Waals surface area contributed by atoms with Crippen molar-refractivity contribution in [3.05, 3.63) is 81.3 Å². The molecule has 0 aliphatic carbocycles. The number of nitrogens with zero attached hydrogens (tertiary/aromatic N) is 1. The lowest BCUT2D eigenvalue weighted by Gasteiger charge is -2.19. The summed E-state index contributed by atoms with van der Waals surface area (Å²) in [5, 5.41) is 7.09. The maximum Gasteiger partial charge on any atom is 0.256 e. The standard InChI is InChI=1S/C25H24Cl2N4O/c1-14-12-20-21(30-24(29-20)31-22-18(26)6-5-7-19(22)27)13-17(14)23(32)28-16-10-8-15(9-11-16)25(2,3)4/h5-13H,1-4H3,(H,28,32)(H2,29,30,31). The van der Waals surface area contributed by atoms with E-state index in [9.17, 15) is 4.79 Å². The van der Waals surface area contributed by atoms with Gasteiger partial charge in [0.25, 0.3) is 5.91 Å². The number of hydrogen-bond donors (Lipinski definition) is 3. The van der Waals surface area contributed by atoms with Gasteiger partial charge < -0.3 is 15.6 Å². The van der Waals surface area contributed by atoms with E-state index < -0.39 is 0 Å². The molecule has 5 nitrogen and oxygen atoms in total. The van der Waals surface area contributed by atoms with Crippen LogP contribution in [0.4, 0.5) is 17.3 Å². The first-order valence-corrected chi connectivity index (χ1v) is 11.0. The second-order valence-electron chi connectivity index (χ2n) is 8.77. The van der Waals surface area contributed by atoms with Crippen LogP contribution in [0.3, 0.4) is 0 Å². The number of anilines is 3. The highest BCUT2D eigenvalue weighted by Crippen LogP contribution is 2.32. The van der Waals surface area contributed by atoms with Crippen LogP contribution in [-0.2, 0) is 5.41 Å². The van der Waals surface area contributed by atoms with Crippen molar-refractivity contribution < 1.29 is 4.79 Å². The zero-order chi connectivity index (χ0) is 23.0. The van der Waals surface area contributed by atoms with Gasteiger partial charge in [-0.3, -0.25) is 4.79 Å². The average molecular weight is 467 g/mol. The van der Waals surface area contributed by atoms with Crippen molar-refractivity contribution in [3.8, 4) is 0 Å². The Hall–Kier alpha value is -3.02. The lowest BCUT2D eigenvalue weighted by molar-refractivity contribution is 0.102.